The lowest BCUT2D eigenvalue weighted by Crippen LogP contribution is -2.39. The summed E-state index contributed by atoms with van der Waals surface area (Å²) in [5.41, 5.74) is 4.05. The third kappa shape index (κ3) is 5.63. The van der Waals surface area contributed by atoms with Gasteiger partial charge in [0.15, 0.2) is 0 Å². The quantitative estimate of drug-likeness (QED) is 0.721. The van der Waals surface area contributed by atoms with Crippen LogP contribution in [0.2, 0.25) is 0 Å². The monoisotopic (exact) mass is 385 g/mol. The predicted molar refractivity (Wildman–Crippen MR) is 111 cm³/mol. The first kappa shape index (κ1) is 21.0. The zero-order valence-corrected chi connectivity index (χ0v) is 17.2. The number of aliphatic hydroxyl groups excluding tert-OH is 1. The molecule has 3 atom stereocenters. The normalized spacial score (nSPS) is 19.7. The largest absolute Gasteiger partial charge is 0.389 e. The minimum Gasteiger partial charge on any atom is -0.389 e. The zero-order valence-electron chi connectivity index (χ0n) is 17.2. The molecule has 1 saturated heterocycles. The van der Waals surface area contributed by atoms with Crippen LogP contribution in [0.5, 0.6) is 0 Å². The van der Waals surface area contributed by atoms with Crippen LogP contribution in [0, 0.1) is 19.7 Å². The number of hydrogen-bond donors (Lipinski definition) is 1. The van der Waals surface area contributed by atoms with Crippen molar-refractivity contribution in [2.24, 2.45) is 0 Å². The van der Waals surface area contributed by atoms with Crippen LogP contribution in [-0.2, 0) is 11.2 Å². The summed E-state index contributed by atoms with van der Waals surface area (Å²) in [5.74, 6) is -0.138. The van der Waals surface area contributed by atoms with Gasteiger partial charge in [0, 0.05) is 12.6 Å². The maximum absolute atomic E-state index is 13.8. The van der Waals surface area contributed by atoms with Crippen molar-refractivity contribution in [1.82, 2.24) is 4.90 Å². The van der Waals surface area contributed by atoms with E-state index in [4.69, 9.17) is 4.74 Å². The number of rotatable bonds is 8. The van der Waals surface area contributed by atoms with E-state index >= 15 is 0 Å². The molecule has 1 heterocycles. The van der Waals surface area contributed by atoms with Crippen LogP contribution >= 0.6 is 0 Å². The van der Waals surface area contributed by atoms with Crippen molar-refractivity contribution in [3.8, 4) is 0 Å². The zero-order chi connectivity index (χ0) is 20.1. The maximum atomic E-state index is 13.8. The summed E-state index contributed by atoms with van der Waals surface area (Å²) < 4.78 is 19.7. The van der Waals surface area contributed by atoms with Gasteiger partial charge in [-0.1, -0.05) is 42.0 Å². The standard InChI is InChI=1S/C24H32FNO2/c1-17-6-4-7-21(12-17)19(3)28-16-23(27)15-26-11-5-8-22(26)13-20-10-9-18(2)24(25)14-20/h4,6-7,9-10,12,14,19,22-23,27H,5,8,11,13,15-16H2,1-3H3/t19-,22+,23+/m1/s1. The lowest BCUT2D eigenvalue weighted by Gasteiger charge is -2.27. The molecule has 0 unspecified atom stereocenters. The van der Waals surface area contributed by atoms with Crippen molar-refractivity contribution in [1.29, 1.82) is 0 Å². The molecule has 0 aliphatic carbocycles. The van der Waals surface area contributed by atoms with E-state index in [9.17, 15) is 9.50 Å². The lowest BCUT2D eigenvalue weighted by molar-refractivity contribution is -0.0171. The minimum atomic E-state index is -0.525. The summed E-state index contributed by atoms with van der Waals surface area (Å²) in [6.07, 6.45) is 2.46. The highest BCUT2D eigenvalue weighted by Gasteiger charge is 2.26. The molecule has 1 aliphatic heterocycles. The second-order valence-corrected chi connectivity index (χ2v) is 8.12. The van der Waals surface area contributed by atoms with Crippen molar-refractivity contribution in [3.63, 3.8) is 0 Å². The van der Waals surface area contributed by atoms with Gasteiger partial charge in [0.25, 0.3) is 0 Å². The molecule has 152 valence electrons. The third-order valence-electron chi connectivity index (χ3n) is 5.70. The summed E-state index contributed by atoms with van der Waals surface area (Å²) >= 11 is 0. The maximum Gasteiger partial charge on any atom is 0.126 e. The molecule has 0 amide bonds. The Balaban J connectivity index is 1.49. The molecule has 0 spiro atoms. The molecule has 2 aromatic rings. The van der Waals surface area contributed by atoms with Crippen molar-refractivity contribution in [2.45, 2.75) is 58.3 Å². The van der Waals surface area contributed by atoms with Crippen LogP contribution < -0.4 is 0 Å². The van der Waals surface area contributed by atoms with Gasteiger partial charge in [-0.3, -0.25) is 4.90 Å². The molecule has 28 heavy (non-hydrogen) atoms. The van der Waals surface area contributed by atoms with Gasteiger partial charge in [-0.15, -0.1) is 0 Å². The SMILES string of the molecule is Cc1cccc([C@@H](C)OC[C@@H](O)CN2CCC[C@H]2Cc2ccc(C)c(F)c2)c1. The predicted octanol–water partition coefficient (Wildman–Crippen LogP) is 4.59. The first-order valence-corrected chi connectivity index (χ1v) is 10.3. The molecule has 0 bridgehead atoms. The van der Waals surface area contributed by atoms with Gasteiger partial charge in [-0.05, 0) is 69.3 Å². The number of aryl methyl sites for hydroxylation is 2. The van der Waals surface area contributed by atoms with Gasteiger partial charge in [-0.2, -0.15) is 0 Å². The number of halogens is 1. The number of hydrogen-bond acceptors (Lipinski definition) is 3. The van der Waals surface area contributed by atoms with E-state index in [1.54, 1.807) is 13.0 Å². The number of aliphatic hydroxyl groups is 1. The van der Waals surface area contributed by atoms with Crippen molar-refractivity contribution >= 4 is 0 Å². The van der Waals surface area contributed by atoms with Crippen molar-refractivity contribution < 1.29 is 14.2 Å². The highest BCUT2D eigenvalue weighted by Crippen LogP contribution is 2.23. The Labute approximate surface area is 168 Å². The molecule has 1 N–H and O–H groups in total. The average Bonchev–Trinajstić information content (AvgIpc) is 3.09. The highest BCUT2D eigenvalue weighted by atomic mass is 19.1. The minimum absolute atomic E-state index is 0.0422. The first-order valence-electron chi connectivity index (χ1n) is 10.3. The Bertz CT molecular complexity index is 779. The van der Waals surface area contributed by atoms with Crippen LogP contribution in [0.3, 0.4) is 0 Å². The van der Waals surface area contributed by atoms with Gasteiger partial charge in [-0.25, -0.2) is 4.39 Å². The van der Waals surface area contributed by atoms with Crippen LogP contribution in [0.1, 0.15) is 48.1 Å². The molecular weight excluding hydrogens is 353 g/mol. The number of nitrogens with zero attached hydrogens (tertiary/aromatic N) is 1. The Morgan fingerprint density at radius 3 is 2.79 bits per heavy atom. The molecule has 0 saturated carbocycles. The van der Waals surface area contributed by atoms with Crippen molar-refractivity contribution in [3.05, 3.63) is 70.5 Å². The molecule has 3 nitrogen and oxygen atoms in total. The summed E-state index contributed by atoms with van der Waals surface area (Å²) in [6, 6.07) is 14.1. The molecule has 2 aromatic carbocycles. The fourth-order valence-corrected chi connectivity index (χ4v) is 4.00. The van der Waals surface area contributed by atoms with Crippen LogP contribution in [0.15, 0.2) is 42.5 Å². The molecule has 1 aliphatic rings. The lowest BCUT2D eigenvalue weighted by atomic mass is 10.0. The third-order valence-corrected chi connectivity index (χ3v) is 5.70. The molecule has 0 radical (unpaired) electrons. The second-order valence-electron chi connectivity index (χ2n) is 8.12. The molecule has 1 fully saturated rings. The van der Waals surface area contributed by atoms with E-state index in [2.05, 4.69) is 30.0 Å². The number of ether oxygens (including phenoxy) is 1. The molecule has 0 aromatic heterocycles. The van der Waals surface area contributed by atoms with Crippen LogP contribution in [0.4, 0.5) is 4.39 Å². The number of β-amino-alcohol motifs (C(OH)–C–C–N with tert-alkyl or cyclic N) is 1. The second kappa shape index (κ2) is 9.64. The van der Waals surface area contributed by atoms with E-state index in [0.717, 1.165) is 36.9 Å². The summed E-state index contributed by atoms with van der Waals surface area (Å²) in [5, 5.41) is 10.5. The fraction of sp³-hybridized carbons (Fsp3) is 0.500. The summed E-state index contributed by atoms with van der Waals surface area (Å²) in [7, 11) is 0. The average molecular weight is 386 g/mol. The molecule has 4 heteroatoms. The van der Waals surface area contributed by atoms with Crippen LogP contribution in [0.25, 0.3) is 0 Å². The highest BCUT2D eigenvalue weighted by molar-refractivity contribution is 5.25. The van der Waals surface area contributed by atoms with Gasteiger partial charge < -0.3 is 9.84 Å². The van der Waals surface area contributed by atoms with E-state index in [1.807, 2.05) is 25.1 Å². The van der Waals surface area contributed by atoms with Gasteiger partial charge in [0.05, 0.1) is 18.8 Å². The van der Waals surface area contributed by atoms with Gasteiger partial charge in [0.2, 0.25) is 0 Å². The molecule has 3 rings (SSSR count). The van der Waals surface area contributed by atoms with Crippen LogP contribution in [-0.4, -0.2) is 41.8 Å². The van der Waals surface area contributed by atoms with E-state index < -0.39 is 6.10 Å². The summed E-state index contributed by atoms with van der Waals surface area (Å²) in [6.45, 7) is 7.76. The Kier molecular flexibility index (Phi) is 7.22. The number of benzene rings is 2. The Morgan fingerprint density at radius 1 is 1.21 bits per heavy atom. The Morgan fingerprint density at radius 2 is 2.04 bits per heavy atom. The smallest absolute Gasteiger partial charge is 0.126 e. The Hall–Kier alpha value is -1.75. The summed E-state index contributed by atoms with van der Waals surface area (Å²) in [4.78, 5) is 2.32. The number of likely N-dealkylation sites (tertiary alicyclic amines) is 1. The van der Waals surface area contributed by atoms with Crippen molar-refractivity contribution in [2.75, 3.05) is 19.7 Å². The fourth-order valence-electron chi connectivity index (χ4n) is 4.00. The first-order chi connectivity index (χ1) is 13.4. The van der Waals surface area contributed by atoms with E-state index in [0.29, 0.717) is 24.8 Å². The topological polar surface area (TPSA) is 32.7 Å². The van der Waals surface area contributed by atoms with Gasteiger partial charge in [0.1, 0.15) is 5.82 Å². The van der Waals surface area contributed by atoms with Gasteiger partial charge >= 0.3 is 0 Å². The molecular formula is C24H32FNO2. The van der Waals surface area contributed by atoms with E-state index in [-0.39, 0.29) is 11.9 Å². The van der Waals surface area contributed by atoms with E-state index in [1.165, 1.54) is 5.56 Å².